The summed E-state index contributed by atoms with van der Waals surface area (Å²) in [6.45, 7) is 6.30. The lowest BCUT2D eigenvalue weighted by molar-refractivity contribution is 0.0935. The number of carbonyl (C=O) groups is 1. The molecule has 0 bridgehead atoms. The molecule has 29 heavy (non-hydrogen) atoms. The number of benzene rings is 3. The van der Waals surface area contributed by atoms with Gasteiger partial charge in [-0.15, -0.1) is 11.8 Å². The third kappa shape index (κ3) is 5.88. The number of amides is 1. The second-order valence-corrected chi connectivity index (χ2v) is 8.70. The van der Waals surface area contributed by atoms with Crippen LogP contribution in [-0.4, -0.2) is 5.91 Å². The van der Waals surface area contributed by atoms with E-state index >= 15 is 0 Å². The average molecular weight is 424 g/mol. The lowest BCUT2D eigenvalue weighted by Crippen LogP contribution is -2.28. The lowest BCUT2D eigenvalue weighted by atomic mass is 9.99. The monoisotopic (exact) mass is 423 g/mol. The quantitative estimate of drug-likeness (QED) is 0.409. The van der Waals surface area contributed by atoms with Gasteiger partial charge in [-0.25, -0.2) is 0 Å². The van der Waals surface area contributed by atoms with Crippen molar-refractivity contribution in [2.24, 2.45) is 0 Å². The van der Waals surface area contributed by atoms with Gasteiger partial charge in [-0.1, -0.05) is 48.9 Å². The fraction of sp³-hybridized carbons (Fsp3) is 0.240. The molecule has 1 unspecified atom stereocenters. The van der Waals surface area contributed by atoms with Gasteiger partial charge in [-0.3, -0.25) is 4.79 Å². The molecule has 1 atom stereocenters. The Morgan fingerprint density at radius 3 is 2.28 bits per heavy atom. The molecule has 3 aromatic carbocycles. The Morgan fingerprint density at radius 2 is 1.66 bits per heavy atom. The summed E-state index contributed by atoms with van der Waals surface area (Å²) in [6, 6.07) is 22.1. The van der Waals surface area contributed by atoms with Crippen molar-refractivity contribution in [2.45, 2.75) is 43.9 Å². The SMILES string of the molecule is CCC(NC(=O)c1ccc(CSc2ccc(Cl)cc2)cc1)c1ccc(C)c(C)c1. The molecule has 0 heterocycles. The number of rotatable bonds is 7. The van der Waals surface area contributed by atoms with Gasteiger partial charge in [0.1, 0.15) is 0 Å². The molecule has 4 heteroatoms. The zero-order valence-electron chi connectivity index (χ0n) is 17.0. The molecule has 2 nitrogen and oxygen atoms in total. The van der Waals surface area contributed by atoms with Crippen molar-refractivity contribution in [1.29, 1.82) is 0 Å². The molecule has 0 saturated carbocycles. The number of halogens is 1. The normalized spacial score (nSPS) is 11.9. The van der Waals surface area contributed by atoms with Gasteiger partial charge in [0.2, 0.25) is 0 Å². The number of carbonyl (C=O) groups excluding carboxylic acids is 1. The van der Waals surface area contributed by atoms with Gasteiger partial charge in [0.25, 0.3) is 5.91 Å². The molecule has 3 rings (SSSR count). The van der Waals surface area contributed by atoms with Crippen molar-refractivity contribution in [3.05, 3.63) is 99.6 Å². The first-order chi connectivity index (χ1) is 14.0. The molecule has 1 amide bonds. The van der Waals surface area contributed by atoms with E-state index in [-0.39, 0.29) is 11.9 Å². The zero-order chi connectivity index (χ0) is 20.8. The Hall–Kier alpha value is -2.23. The number of hydrogen-bond acceptors (Lipinski definition) is 2. The summed E-state index contributed by atoms with van der Waals surface area (Å²) < 4.78 is 0. The second kappa shape index (κ2) is 10.00. The largest absolute Gasteiger partial charge is 0.345 e. The molecule has 0 aliphatic carbocycles. The van der Waals surface area contributed by atoms with Gasteiger partial charge >= 0.3 is 0 Å². The topological polar surface area (TPSA) is 29.1 Å². The van der Waals surface area contributed by atoms with Crippen LogP contribution in [0.25, 0.3) is 0 Å². The Morgan fingerprint density at radius 1 is 0.966 bits per heavy atom. The van der Waals surface area contributed by atoms with Gasteiger partial charge < -0.3 is 5.32 Å². The standard InChI is InChI=1S/C25H26ClNOS/c1-4-24(21-8-5-17(2)18(3)15-21)27-25(28)20-9-6-19(7-10-20)16-29-23-13-11-22(26)12-14-23/h5-15,24H,4,16H2,1-3H3,(H,27,28). The van der Waals surface area contributed by atoms with Crippen LogP contribution in [0.2, 0.25) is 5.02 Å². The number of hydrogen-bond donors (Lipinski definition) is 1. The molecule has 0 spiro atoms. The highest BCUT2D eigenvalue weighted by Crippen LogP contribution is 2.25. The van der Waals surface area contributed by atoms with Crippen LogP contribution in [0.3, 0.4) is 0 Å². The summed E-state index contributed by atoms with van der Waals surface area (Å²) >= 11 is 7.68. The predicted octanol–water partition coefficient (Wildman–Crippen LogP) is 7.13. The van der Waals surface area contributed by atoms with E-state index in [4.69, 9.17) is 11.6 Å². The summed E-state index contributed by atoms with van der Waals surface area (Å²) in [5, 5.41) is 3.92. The van der Waals surface area contributed by atoms with E-state index in [0.29, 0.717) is 5.56 Å². The van der Waals surface area contributed by atoms with E-state index in [9.17, 15) is 4.79 Å². The molecule has 1 N–H and O–H groups in total. The van der Waals surface area contributed by atoms with Crippen molar-refractivity contribution >= 4 is 29.3 Å². The molecule has 0 aromatic heterocycles. The summed E-state index contributed by atoms with van der Waals surface area (Å²) in [5.74, 6) is 0.816. The van der Waals surface area contributed by atoms with Gasteiger partial charge in [-0.2, -0.15) is 0 Å². The highest BCUT2D eigenvalue weighted by molar-refractivity contribution is 7.98. The van der Waals surface area contributed by atoms with E-state index in [0.717, 1.165) is 22.8 Å². The minimum atomic E-state index is -0.0352. The highest BCUT2D eigenvalue weighted by Gasteiger charge is 2.14. The van der Waals surface area contributed by atoms with E-state index in [1.165, 1.54) is 21.6 Å². The van der Waals surface area contributed by atoms with E-state index < -0.39 is 0 Å². The van der Waals surface area contributed by atoms with Crippen molar-refractivity contribution in [1.82, 2.24) is 5.32 Å². The average Bonchev–Trinajstić information content (AvgIpc) is 2.74. The molecule has 0 fully saturated rings. The van der Waals surface area contributed by atoms with Crippen LogP contribution in [0.15, 0.2) is 71.6 Å². The van der Waals surface area contributed by atoms with Crippen LogP contribution in [-0.2, 0) is 5.75 Å². The van der Waals surface area contributed by atoms with Crippen LogP contribution >= 0.6 is 23.4 Å². The Bertz CT molecular complexity index is 967. The van der Waals surface area contributed by atoms with Gasteiger partial charge in [0.15, 0.2) is 0 Å². The maximum atomic E-state index is 12.7. The molecule has 0 aliphatic rings. The van der Waals surface area contributed by atoms with Gasteiger partial charge in [0.05, 0.1) is 6.04 Å². The fourth-order valence-electron chi connectivity index (χ4n) is 3.09. The molecule has 0 aliphatic heterocycles. The lowest BCUT2D eigenvalue weighted by Gasteiger charge is -2.19. The van der Waals surface area contributed by atoms with Crippen LogP contribution < -0.4 is 5.32 Å². The fourth-order valence-corrected chi connectivity index (χ4v) is 4.07. The number of thioether (sulfide) groups is 1. The van der Waals surface area contributed by atoms with Gasteiger partial charge in [0, 0.05) is 21.2 Å². The smallest absolute Gasteiger partial charge is 0.251 e. The summed E-state index contributed by atoms with van der Waals surface area (Å²) in [6.07, 6.45) is 0.851. The molecule has 0 radical (unpaired) electrons. The number of nitrogens with one attached hydrogen (secondary N) is 1. The highest BCUT2D eigenvalue weighted by atomic mass is 35.5. The molecule has 150 valence electrons. The van der Waals surface area contributed by atoms with E-state index in [1.54, 1.807) is 11.8 Å². The summed E-state index contributed by atoms with van der Waals surface area (Å²) in [5.41, 5.74) is 5.54. The third-order valence-electron chi connectivity index (χ3n) is 5.08. The zero-order valence-corrected chi connectivity index (χ0v) is 18.6. The summed E-state index contributed by atoms with van der Waals surface area (Å²) in [7, 11) is 0. The minimum Gasteiger partial charge on any atom is -0.345 e. The third-order valence-corrected chi connectivity index (χ3v) is 6.42. The number of aryl methyl sites for hydroxylation is 2. The molecule has 3 aromatic rings. The van der Waals surface area contributed by atoms with E-state index in [2.05, 4.69) is 44.3 Å². The first-order valence-corrected chi connectivity index (χ1v) is 11.2. The minimum absolute atomic E-state index is 0.0157. The Kier molecular flexibility index (Phi) is 7.40. The van der Waals surface area contributed by atoms with Crippen LogP contribution in [0, 0.1) is 13.8 Å². The molecule has 0 saturated heterocycles. The van der Waals surface area contributed by atoms with Crippen molar-refractivity contribution in [3.8, 4) is 0 Å². The molecular weight excluding hydrogens is 398 g/mol. The van der Waals surface area contributed by atoms with Crippen molar-refractivity contribution < 1.29 is 4.79 Å². The maximum absolute atomic E-state index is 12.7. The summed E-state index contributed by atoms with van der Waals surface area (Å²) in [4.78, 5) is 13.9. The first-order valence-electron chi connectivity index (χ1n) is 9.81. The second-order valence-electron chi connectivity index (χ2n) is 7.22. The predicted molar refractivity (Wildman–Crippen MR) is 124 cm³/mol. The van der Waals surface area contributed by atoms with Crippen molar-refractivity contribution in [2.75, 3.05) is 0 Å². The van der Waals surface area contributed by atoms with E-state index in [1.807, 2.05) is 48.5 Å². The van der Waals surface area contributed by atoms with Crippen LogP contribution in [0.5, 0.6) is 0 Å². The molecular formula is C25H26ClNOS. The van der Waals surface area contributed by atoms with Crippen molar-refractivity contribution in [3.63, 3.8) is 0 Å². The van der Waals surface area contributed by atoms with Crippen LogP contribution in [0.4, 0.5) is 0 Å². The maximum Gasteiger partial charge on any atom is 0.251 e. The van der Waals surface area contributed by atoms with Crippen LogP contribution in [0.1, 0.15) is 52.0 Å². The first kappa shape index (κ1) is 21.5. The Balaban J connectivity index is 1.61. The van der Waals surface area contributed by atoms with Gasteiger partial charge in [-0.05, 0) is 78.9 Å². The Labute approximate surface area is 182 Å².